The number of aromatic nitrogens is 4. The summed E-state index contributed by atoms with van der Waals surface area (Å²) >= 11 is 5.97. The largest absolute Gasteiger partial charge is 0.497 e. The van der Waals surface area contributed by atoms with E-state index in [2.05, 4.69) is 15.3 Å². The Labute approximate surface area is 148 Å². The van der Waals surface area contributed by atoms with Crippen LogP contribution < -0.4 is 9.47 Å². The maximum Gasteiger partial charge on any atom is 0.246 e. The van der Waals surface area contributed by atoms with Crippen LogP contribution in [0.15, 0.2) is 60.7 Å². The molecule has 0 aliphatic carbocycles. The lowest BCUT2D eigenvalue weighted by Crippen LogP contribution is -1.96. The monoisotopic (exact) mass is 352 g/mol. The lowest BCUT2D eigenvalue weighted by Gasteiger charge is -2.11. The van der Waals surface area contributed by atoms with Gasteiger partial charge in [0.05, 0.1) is 7.11 Å². The van der Waals surface area contributed by atoms with Gasteiger partial charge in [0.15, 0.2) is 5.65 Å². The van der Waals surface area contributed by atoms with E-state index in [1.165, 1.54) is 4.52 Å². The zero-order chi connectivity index (χ0) is 17.2. The van der Waals surface area contributed by atoms with Crippen molar-refractivity contribution in [1.82, 2.24) is 19.8 Å². The molecule has 0 saturated carbocycles. The minimum absolute atomic E-state index is 0.182. The summed E-state index contributed by atoms with van der Waals surface area (Å²) in [6.45, 7) is 0. The second-order valence-electron chi connectivity index (χ2n) is 5.24. The maximum atomic E-state index is 5.98. The van der Waals surface area contributed by atoms with Gasteiger partial charge in [-0.3, -0.25) is 0 Å². The van der Waals surface area contributed by atoms with Gasteiger partial charge in [0, 0.05) is 11.6 Å². The van der Waals surface area contributed by atoms with Crippen LogP contribution in [0.5, 0.6) is 17.4 Å². The lowest BCUT2D eigenvalue weighted by molar-refractivity contribution is 0.415. The second-order valence-corrected chi connectivity index (χ2v) is 5.58. The first-order valence-electron chi connectivity index (χ1n) is 7.54. The van der Waals surface area contributed by atoms with Gasteiger partial charge in [-0.1, -0.05) is 30.3 Å². The molecular formula is C18H13ClN4O2. The van der Waals surface area contributed by atoms with Crippen LogP contribution in [0.3, 0.4) is 0 Å². The fourth-order valence-corrected chi connectivity index (χ4v) is 2.66. The minimum atomic E-state index is 0.182. The molecule has 6 nitrogen and oxygen atoms in total. The molecule has 4 aromatic rings. The molecule has 0 atom stereocenters. The number of rotatable bonds is 4. The summed E-state index contributed by atoms with van der Waals surface area (Å²) in [6, 6.07) is 19.0. The Bertz CT molecular complexity index is 1050. The Hall–Kier alpha value is -3.12. The predicted octanol–water partition coefficient (Wildman–Crippen LogP) is 4.25. The van der Waals surface area contributed by atoms with Crippen molar-refractivity contribution in [2.45, 2.75) is 0 Å². The van der Waals surface area contributed by atoms with Gasteiger partial charge in [-0.15, -0.1) is 15.3 Å². The van der Waals surface area contributed by atoms with Crippen molar-refractivity contribution in [1.29, 1.82) is 0 Å². The number of hydrogen-bond donors (Lipinski definition) is 0. The molecule has 0 saturated heterocycles. The van der Waals surface area contributed by atoms with Crippen LogP contribution in [0, 0.1) is 0 Å². The third kappa shape index (κ3) is 2.99. The number of hydrogen-bond acceptors (Lipinski definition) is 5. The molecule has 25 heavy (non-hydrogen) atoms. The van der Waals surface area contributed by atoms with E-state index in [0.717, 1.165) is 16.9 Å². The van der Waals surface area contributed by atoms with E-state index in [1.54, 1.807) is 19.2 Å². The lowest BCUT2D eigenvalue weighted by atomic mass is 10.0. The summed E-state index contributed by atoms with van der Waals surface area (Å²) in [5.74, 6) is 1.85. The molecule has 2 aromatic carbocycles. The van der Waals surface area contributed by atoms with Crippen molar-refractivity contribution >= 4 is 17.2 Å². The highest BCUT2D eigenvalue weighted by Crippen LogP contribution is 2.34. The van der Waals surface area contributed by atoms with Crippen LogP contribution in [0.2, 0.25) is 5.28 Å². The molecule has 7 heteroatoms. The van der Waals surface area contributed by atoms with Crippen molar-refractivity contribution in [3.8, 4) is 28.5 Å². The highest BCUT2D eigenvalue weighted by Gasteiger charge is 2.10. The standard InChI is InChI=1S/C18H13ClN4O2/c1-24-13-6-4-5-12(11-13)14-7-2-3-8-15(14)25-17-10-9-16-20-21-18(19)23(16)22-17/h2-11H,1H3. The first kappa shape index (κ1) is 15.4. The summed E-state index contributed by atoms with van der Waals surface area (Å²) in [7, 11) is 1.64. The van der Waals surface area contributed by atoms with Gasteiger partial charge in [0.1, 0.15) is 11.5 Å². The average molecular weight is 353 g/mol. The molecule has 0 unspecified atom stereocenters. The third-order valence-corrected chi connectivity index (χ3v) is 3.92. The summed E-state index contributed by atoms with van der Waals surface area (Å²) in [5.41, 5.74) is 2.47. The van der Waals surface area contributed by atoms with E-state index in [4.69, 9.17) is 21.1 Å². The van der Waals surface area contributed by atoms with Gasteiger partial charge in [0.2, 0.25) is 11.2 Å². The summed E-state index contributed by atoms with van der Waals surface area (Å²) < 4.78 is 12.7. The van der Waals surface area contributed by atoms with Crippen molar-refractivity contribution in [2.24, 2.45) is 0 Å². The van der Waals surface area contributed by atoms with E-state index in [0.29, 0.717) is 17.3 Å². The van der Waals surface area contributed by atoms with E-state index < -0.39 is 0 Å². The van der Waals surface area contributed by atoms with Crippen LogP contribution in [0.4, 0.5) is 0 Å². The Morgan fingerprint density at radius 2 is 1.84 bits per heavy atom. The molecule has 0 fully saturated rings. The molecule has 2 aromatic heterocycles. The highest BCUT2D eigenvalue weighted by molar-refractivity contribution is 6.28. The number of ether oxygens (including phenoxy) is 2. The molecule has 4 rings (SSSR count). The quantitative estimate of drug-likeness (QED) is 0.549. The summed E-state index contributed by atoms with van der Waals surface area (Å²) in [6.07, 6.45) is 0. The molecule has 0 aliphatic rings. The Kier molecular flexibility index (Phi) is 3.95. The Morgan fingerprint density at radius 3 is 2.72 bits per heavy atom. The summed E-state index contributed by atoms with van der Waals surface area (Å²) in [5, 5.41) is 12.2. The number of benzene rings is 2. The molecule has 0 N–H and O–H groups in total. The third-order valence-electron chi connectivity index (χ3n) is 3.68. The van der Waals surface area contributed by atoms with Crippen molar-refractivity contribution in [3.63, 3.8) is 0 Å². The predicted molar refractivity (Wildman–Crippen MR) is 94.3 cm³/mol. The van der Waals surface area contributed by atoms with E-state index in [-0.39, 0.29) is 5.28 Å². The van der Waals surface area contributed by atoms with Crippen LogP contribution in [-0.4, -0.2) is 26.9 Å². The normalized spacial score (nSPS) is 10.8. The van der Waals surface area contributed by atoms with Crippen molar-refractivity contribution < 1.29 is 9.47 Å². The van der Waals surface area contributed by atoms with Crippen LogP contribution in [0.25, 0.3) is 16.8 Å². The first-order valence-corrected chi connectivity index (χ1v) is 7.92. The van der Waals surface area contributed by atoms with Crippen molar-refractivity contribution in [3.05, 3.63) is 65.9 Å². The van der Waals surface area contributed by atoms with Gasteiger partial charge in [-0.2, -0.15) is 4.52 Å². The van der Waals surface area contributed by atoms with E-state index >= 15 is 0 Å². The Morgan fingerprint density at radius 1 is 0.960 bits per heavy atom. The molecule has 0 spiro atoms. The number of fused-ring (bicyclic) bond motifs is 1. The molecule has 0 radical (unpaired) electrons. The number of halogens is 1. The topological polar surface area (TPSA) is 61.5 Å². The number of nitrogens with zero attached hydrogens (tertiary/aromatic N) is 4. The summed E-state index contributed by atoms with van der Waals surface area (Å²) in [4.78, 5) is 0. The molecular weight excluding hydrogens is 340 g/mol. The van der Waals surface area contributed by atoms with Crippen LogP contribution >= 0.6 is 11.6 Å². The molecule has 0 bridgehead atoms. The Balaban J connectivity index is 1.73. The fourth-order valence-electron chi connectivity index (χ4n) is 2.50. The smallest absolute Gasteiger partial charge is 0.246 e. The van der Waals surface area contributed by atoms with Gasteiger partial charge in [0.25, 0.3) is 0 Å². The SMILES string of the molecule is COc1cccc(-c2ccccc2Oc2ccc3nnc(Cl)n3n2)c1. The van der Waals surface area contributed by atoms with Crippen molar-refractivity contribution in [2.75, 3.05) is 7.11 Å². The van der Waals surface area contributed by atoms with E-state index in [1.807, 2.05) is 48.5 Å². The second kappa shape index (κ2) is 6.41. The minimum Gasteiger partial charge on any atom is -0.497 e. The molecule has 0 amide bonds. The van der Waals surface area contributed by atoms with Crippen LogP contribution in [0.1, 0.15) is 0 Å². The van der Waals surface area contributed by atoms with Gasteiger partial charge in [-0.05, 0) is 41.4 Å². The maximum absolute atomic E-state index is 5.98. The molecule has 124 valence electrons. The van der Waals surface area contributed by atoms with Crippen LogP contribution in [-0.2, 0) is 0 Å². The fraction of sp³-hybridized carbons (Fsp3) is 0.0556. The number of methoxy groups -OCH3 is 1. The van der Waals surface area contributed by atoms with Gasteiger partial charge >= 0.3 is 0 Å². The van der Waals surface area contributed by atoms with Gasteiger partial charge in [-0.25, -0.2) is 0 Å². The molecule has 2 heterocycles. The zero-order valence-corrected chi connectivity index (χ0v) is 14.0. The van der Waals surface area contributed by atoms with E-state index in [9.17, 15) is 0 Å². The number of para-hydroxylation sites is 1. The van der Waals surface area contributed by atoms with Gasteiger partial charge < -0.3 is 9.47 Å². The zero-order valence-electron chi connectivity index (χ0n) is 13.3. The average Bonchev–Trinajstić information content (AvgIpc) is 3.03. The molecule has 0 aliphatic heterocycles. The first-order chi connectivity index (χ1) is 12.2. The highest BCUT2D eigenvalue weighted by atomic mass is 35.5.